The summed E-state index contributed by atoms with van der Waals surface area (Å²) in [5.74, 6) is -0.198. The van der Waals surface area contributed by atoms with Crippen LogP contribution in [0.3, 0.4) is 0 Å². The van der Waals surface area contributed by atoms with Gasteiger partial charge in [-0.3, -0.25) is 9.78 Å². The van der Waals surface area contributed by atoms with Gasteiger partial charge in [0, 0.05) is 12.7 Å². The monoisotopic (exact) mass is 209 g/mol. The molecule has 0 radical (unpaired) electrons. The number of ether oxygens (including phenoxy) is 1. The predicted molar refractivity (Wildman–Crippen MR) is 57.5 cm³/mol. The molecule has 0 atom stereocenters. The second-order valence-corrected chi connectivity index (χ2v) is 3.14. The van der Waals surface area contributed by atoms with Crippen LogP contribution >= 0.6 is 0 Å². The van der Waals surface area contributed by atoms with Crippen molar-refractivity contribution in [1.82, 2.24) is 4.98 Å². The molecule has 3 N–H and O–H groups in total. The van der Waals surface area contributed by atoms with Crippen LogP contribution < -0.4 is 11.1 Å². The summed E-state index contributed by atoms with van der Waals surface area (Å²) in [4.78, 5) is 15.3. The van der Waals surface area contributed by atoms with Crippen molar-refractivity contribution in [1.29, 1.82) is 0 Å². The maximum atomic E-state index is 11.3. The molecule has 0 unspecified atom stereocenters. The second kappa shape index (κ2) is 6.10. The number of hydrogen-bond acceptors (Lipinski definition) is 4. The van der Waals surface area contributed by atoms with Crippen molar-refractivity contribution in [2.45, 2.75) is 6.92 Å². The minimum atomic E-state index is -0.198. The summed E-state index contributed by atoms with van der Waals surface area (Å²) < 4.78 is 4.99. The number of anilines is 1. The Hall–Kier alpha value is -1.46. The Morgan fingerprint density at radius 3 is 3.07 bits per heavy atom. The third-order valence-corrected chi connectivity index (χ3v) is 1.65. The highest BCUT2D eigenvalue weighted by atomic mass is 16.5. The standard InChI is InChI=1S/C10H15N3O2/c1-8-4-9(6-12-5-8)13-10(14)7-15-3-2-11/h4-6H,2-3,7,11H2,1H3,(H,13,14). The van der Waals surface area contributed by atoms with Gasteiger partial charge in [0.1, 0.15) is 6.61 Å². The molecule has 0 fully saturated rings. The molecule has 5 nitrogen and oxygen atoms in total. The zero-order chi connectivity index (χ0) is 11.1. The van der Waals surface area contributed by atoms with Gasteiger partial charge in [0.05, 0.1) is 18.5 Å². The molecular weight excluding hydrogens is 194 g/mol. The van der Waals surface area contributed by atoms with Crippen LogP contribution in [0.1, 0.15) is 5.56 Å². The van der Waals surface area contributed by atoms with E-state index in [2.05, 4.69) is 10.3 Å². The van der Waals surface area contributed by atoms with E-state index in [1.165, 1.54) is 0 Å². The third-order valence-electron chi connectivity index (χ3n) is 1.65. The quantitative estimate of drug-likeness (QED) is 0.684. The first kappa shape index (κ1) is 11.6. The van der Waals surface area contributed by atoms with Gasteiger partial charge in [0.25, 0.3) is 0 Å². The fourth-order valence-electron chi connectivity index (χ4n) is 1.07. The topological polar surface area (TPSA) is 77.2 Å². The molecule has 82 valence electrons. The lowest BCUT2D eigenvalue weighted by atomic mass is 10.3. The second-order valence-electron chi connectivity index (χ2n) is 3.14. The number of aromatic nitrogens is 1. The fourth-order valence-corrected chi connectivity index (χ4v) is 1.07. The highest BCUT2D eigenvalue weighted by molar-refractivity contribution is 5.91. The largest absolute Gasteiger partial charge is 0.370 e. The Bertz CT molecular complexity index is 328. The first-order valence-corrected chi connectivity index (χ1v) is 4.71. The van der Waals surface area contributed by atoms with Gasteiger partial charge in [-0.2, -0.15) is 0 Å². The summed E-state index contributed by atoms with van der Waals surface area (Å²) in [7, 11) is 0. The van der Waals surface area contributed by atoms with Crippen LogP contribution in [0, 0.1) is 6.92 Å². The normalized spacial score (nSPS) is 10.0. The molecule has 0 saturated carbocycles. The molecule has 0 aliphatic carbocycles. The van der Waals surface area contributed by atoms with E-state index in [4.69, 9.17) is 10.5 Å². The SMILES string of the molecule is Cc1cncc(NC(=O)COCCN)c1. The van der Waals surface area contributed by atoms with Crippen molar-refractivity contribution in [3.05, 3.63) is 24.0 Å². The Balaban J connectivity index is 2.37. The van der Waals surface area contributed by atoms with Gasteiger partial charge >= 0.3 is 0 Å². The zero-order valence-electron chi connectivity index (χ0n) is 8.69. The molecular formula is C10H15N3O2. The molecule has 0 aromatic carbocycles. The lowest BCUT2D eigenvalue weighted by Crippen LogP contribution is -2.20. The van der Waals surface area contributed by atoms with Crippen LogP contribution in [0.2, 0.25) is 0 Å². The molecule has 0 spiro atoms. The Morgan fingerprint density at radius 1 is 1.60 bits per heavy atom. The van der Waals surface area contributed by atoms with Crippen LogP contribution in [0.25, 0.3) is 0 Å². The molecule has 0 saturated heterocycles. The van der Waals surface area contributed by atoms with Crippen LogP contribution in [-0.2, 0) is 9.53 Å². The van der Waals surface area contributed by atoms with E-state index in [0.717, 1.165) is 5.56 Å². The number of pyridine rings is 1. The number of amides is 1. The Kier molecular flexibility index (Phi) is 4.73. The van der Waals surface area contributed by atoms with Crippen LogP contribution in [0.15, 0.2) is 18.5 Å². The minimum absolute atomic E-state index is 0.0190. The van der Waals surface area contributed by atoms with E-state index in [-0.39, 0.29) is 12.5 Å². The number of nitrogens with zero attached hydrogens (tertiary/aromatic N) is 1. The Labute approximate surface area is 88.6 Å². The zero-order valence-corrected chi connectivity index (χ0v) is 8.69. The molecule has 15 heavy (non-hydrogen) atoms. The van der Waals surface area contributed by atoms with Crippen molar-refractivity contribution in [2.75, 3.05) is 25.1 Å². The molecule has 5 heteroatoms. The van der Waals surface area contributed by atoms with E-state index in [1.807, 2.05) is 13.0 Å². The number of nitrogens with two attached hydrogens (primary N) is 1. The fraction of sp³-hybridized carbons (Fsp3) is 0.400. The highest BCUT2D eigenvalue weighted by Crippen LogP contribution is 2.06. The molecule has 1 amide bonds. The molecule has 1 rings (SSSR count). The van der Waals surface area contributed by atoms with Gasteiger partial charge in [0.2, 0.25) is 5.91 Å². The van der Waals surface area contributed by atoms with E-state index in [1.54, 1.807) is 12.4 Å². The summed E-state index contributed by atoms with van der Waals surface area (Å²) >= 11 is 0. The highest BCUT2D eigenvalue weighted by Gasteiger charge is 2.02. The van der Waals surface area contributed by atoms with Gasteiger partial charge in [-0.1, -0.05) is 0 Å². The predicted octanol–water partition coefficient (Wildman–Crippen LogP) is 0.304. The molecule has 0 aliphatic heterocycles. The van der Waals surface area contributed by atoms with Gasteiger partial charge in [-0.05, 0) is 18.6 Å². The lowest BCUT2D eigenvalue weighted by Gasteiger charge is -2.05. The van der Waals surface area contributed by atoms with E-state index < -0.39 is 0 Å². The number of carbonyl (C=O) groups is 1. The van der Waals surface area contributed by atoms with Gasteiger partial charge in [-0.15, -0.1) is 0 Å². The molecule has 1 heterocycles. The average molecular weight is 209 g/mol. The molecule has 0 aliphatic rings. The lowest BCUT2D eigenvalue weighted by molar-refractivity contribution is -0.120. The van der Waals surface area contributed by atoms with Crippen LogP contribution in [0.5, 0.6) is 0 Å². The third kappa shape index (κ3) is 4.53. The van der Waals surface area contributed by atoms with Gasteiger partial charge < -0.3 is 15.8 Å². The minimum Gasteiger partial charge on any atom is -0.370 e. The van der Waals surface area contributed by atoms with E-state index in [0.29, 0.717) is 18.8 Å². The van der Waals surface area contributed by atoms with E-state index in [9.17, 15) is 4.79 Å². The molecule has 1 aromatic rings. The van der Waals surface area contributed by atoms with E-state index >= 15 is 0 Å². The molecule has 0 bridgehead atoms. The van der Waals surface area contributed by atoms with Gasteiger partial charge in [0.15, 0.2) is 0 Å². The van der Waals surface area contributed by atoms with Crippen molar-refractivity contribution in [3.63, 3.8) is 0 Å². The number of nitrogens with one attached hydrogen (secondary N) is 1. The van der Waals surface area contributed by atoms with Crippen molar-refractivity contribution in [3.8, 4) is 0 Å². The van der Waals surface area contributed by atoms with Crippen molar-refractivity contribution in [2.24, 2.45) is 5.73 Å². The van der Waals surface area contributed by atoms with Crippen molar-refractivity contribution < 1.29 is 9.53 Å². The average Bonchev–Trinajstić information content (AvgIpc) is 2.18. The maximum absolute atomic E-state index is 11.3. The number of carbonyl (C=O) groups excluding carboxylic acids is 1. The first-order chi connectivity index (χ1) is 7.22. The smallest absolute Gasteiger partial charge is 0.250 e. The summed E-state index contributed by atoms with van der Waals surface area (Å²) in [5, 5.41) is 2.67. The Morgan fingerprint density at radius 2 is 2.40 bits per heavy atom. The first-order valence-electron chi connectivity index (χ1n) is 4.71. The summed E-state index contributed by atoms with van der Waals surface area (Å²) in [6.07, 6.45) is 3.31. The summed E-state index contributed by atoms with van der Waals surface area (Å²) in [6.45, 7) is 2.73. The number of aryl methyl sites for hydroxylation is 1. The summed E-state index contributed by atoms with van der Waals surface area (Å²) in [6, 6.07) is 1.84. The van der Waals surface area contributed by atoms with Crippen molar-refractivity contribution >= 4 is 11.6 Å². The summed E-state index contributed by atoms with van der Waals surface area (Å²) in [5.41, 5.74) is 6.89. The maximum Gasteiger partial charge on any atom is 0.250 e. The number of hydrogen-bond donors (Lipinski definition) is 2. The molecule has 1 aromatic heterocycles. The van der Waals surface area contributed by atoms with Crippen LogP contribution in [-0.4, -0.2) is 30.6 Å². The number of rotatable bonds is 5. The van der Waals surface area contributed by atoms with Crippen LogP contribution in [0.4, 0.5) is 5.69 Å². The van der Waals surface area contributed by atoms with Gasteiger partial charge in [-0.25, -0.2) is 0 Å².